The summed E-state index contributed by atoms with van der Waals surface area (Å²) in [5.74, 6) is -1.11. The van der Waals surface area contributed by atoms with Gasteiger partial charge in [-0.1, -0.05) is 20.8 Å². The standard InChI is InChI=1S/C14H18O4/c1-13(2)5-4-9(15)8-6-14(3,7-10(16)17)12(18)11(8)13/h4-7H2,1-3H3,(H,16,17). The van der Waals surface area contributed by atoms with E-state index in [4.69, 9.17) is 5.11 Å². The highest BCUT2D eigenvalue weighted by Crippen LogP contribution is 2.51. The molecule has 0 heterocycles. The molecule has 0 radical (unpaired) electrons. The summed E-state index contributed by atoms with van der Waals surface area (Å²) in [5, 5.41) is 8.93. The van der Waals surface area contributed by atoms with Crippen LogP contribution < -0.4 is 0 Å². The minimum atomic E-state index is -0.990. The summed E-state index contributed by atoms with van der Waals surface area (Å²) < 4.78 is 0. The molecule has 18 heavy (non-hydrogen) atoms. The number of Topliss-reactive ketones (excluding diaryl/α,β-unsaturated/α-hetero) is 2. The molecule has 1 unspecified atom stereocenters. The maximum absolute atomic E-state index is 12.5. The Bertz CT molecular complexity index is 484. The van der Waals surface area contributed by atoms with Crippen molar-refractivity contribution in [2.45, 2.75) is 46.5 Å². The van der Waals surface area contributed by atoms with Gasteiger partial charge in [-0.15, -0.1) is 0 Å². The highest BCUT2D eigenvalue weighted by Gasteiger charge is 2.51. The summed E-state index contributed by atoms with van der Waals surface area (Å²) in [5.41, 5.74) is -0.0767. The molecule has 2 aliphatic rings. The van der Waals surface area contributed by atoms with Crippen LogP contribution in [0.5, 0.6) is 0 Å². The molecule has 1 N–H and O–H groups in total. The minimum absolute atomic E-state index is 0.0202. The molecule has 0 aliphatic heterocycles. The number of carboxylic acids is 1. The van der Waals surface area contributed by atoms with Gasteiger partial charge in [-0.2, -0.15) is 0 Å². The smallest absolute Gasteiger partial charge is 0.304 e. The van der Waals surface area contributed by atoms with Crippen molar-refractivity contribution in [1.29, 1.82) is 0 Å². The fraction of sp³-hybridized carbons (Fsp3) is 0.643. The Kier molecular flexibility index (Phi) is 2.72. The highest BCUT2D eigenvalue weighted by molar-refractivity contribution is 6.14. The lowest BCUT2D eigenvalue weighted by atomic mass is 9.71. The van der Waals surface area contributed by atoms with Gasteiger partial charge in [-0.05, 0) is 18.3 Å². The molecule has 0 fully saturated rings. The molecule has 1 atom stereocenters. The van der Waals surface area contributed by atoms with Crippen molar-refractivity contribution in [1.82, 2.24) is 0 Å². The molecule has 0 aromatic heterocycles. The van der Waals surface area contributed by atoms with Crippen molar-refractivity contribution >= 4 is 17.5 Å². The first kappa shape index (κ1) is 13.0. The van der Waals surface area contributed by atoms with E-state index in [1.807, 2.05) is 13.8 Å². The summed E-state index contributed by atoms with van der Waals surface area (Å²) in [6.45, 7) is 5.57. The summed E-state index contributed by atoms with van der Waals surface area (Å²) in [6, 6.07) is 0. The van der Waals surface area contributed by atoms with Crippen LogP contribution in [0, 0.1) is 10.8 Å². The van der Waals surface area contributed by atoms with Gasteiger partial charge in [-0.25, -0.2) is 0 Å². The summed E-state index contributed by atoms with van der Waals surface area (Å²) in [7, 11) is 0. The molecule has 2 rings (SSSR count). The number of rotatable bonds is 2. The van der Waals surface area contributed by atoms with Gasteiger partial charge in [-0.3, -0.25) is 14.4 Å². The van der Waals surface area contributed by atoms with Crippen molar-refractivity contribution in [2.75, 3.05) is 0 Å². The predicted molar refractivity (Wildman–Crippen MR) is 65.0 cm³/mol. The zero-order valence-corrected chi connectivity index (χ0v) is 11.0. The van der Waals surface area contributed by atoms with E-state index in [0.29, 0.717) is 24.0 Å². The van der Waals surface area contributed by atoms with E-state index in [9.17, 15) is 14.4 Å². The Hall–Kier alpha value is -1.45. The molecular formula is C14H18O4. The lowest BCUT2D eigenvalue weighted by Crippen LogP contribution is -2.32. The fourth-order valence-corrected chi connectivity index (χ4v) is 3.13. The summed E-state index contributed by atoms with van der Waals surface area (Å²) in [6.07, 6.45) is 1.21. The highest BCUT2D eigenvalue weighted by atomic mass is 16.4. The lowest BCUT2D eigenvalue weighted by Gasteiger charge is -2.31. The molecule has 0 saturated heterocycles. The lowest BCUT2D eigenvalue weighted by molar-refractivity contribution is -0.142. The van der Waals surface area contributed by atoms with Crippen LogP contribution in [0.4, 0.5) is 0 Å². The van der Waals surface area contributed by atoms with Crippen LogP contribution in [-0.2, 0) is 14.4 Å². The van der Waals surface area contributed by atoms with Gasteiger partial charge in [0.15, 0.2) is 11.6 Å². The summed E-state index contributed by atoms with van der Waals surface area (Å²) >= 11 is 0. The summed E-state index contributed by atoms with van der Waals surface area (Å²) in [4.78, 5) is 35.3. The molecule has 0 amide bonds. The Labute approximate surface area is 106 Å². The van der Waals surface area contributed by atoms with Crippen LogP contribution in [-0.4, -0.2) is 22.6 Å². The van der Waals surface area contributed by atoms with Gasteiger partial charge < -0.3 is 5.11 Å². The Morgan fingerprint density at radius 3 is 2.39 bits per heavy atom. The quantitative estimate of drug-likeness (QED) is 0.814. The van der Waals surface area contributed by atoms with Gasteiger partial charge in [0.05, 0.1) is 6.42 Å². The number of carboxylic acid groups (broad SMARTS) is 1. The third kappa shape index (κ3) is 1.80. The Morgan fingerprint density at radius 2 is 1.89 bits per heavy atom. The number of carbonyl (C=O) groups is 3. The molecule has 0 saturated carbocycles. The van der Waals surface area contributed by atoms with E-state index >= 15 is 0 Å². The number of aliphatic carboxylic acids is 1. The third-order valence-corrected chi connectivity index (χ3v) is 4.18. The van der Waals surface area contributed by atoms with Crippen LogP contribution in [0.15, 0.2) is 11.1 Å². The molecule has 0 spiro atoms. The number of allylic oxidation sites excluding steroid dienone is 2. The molecule has 2 aliphatic carbocycles. The molecule has 0 bridgehead atoms. The monoisotopic (exact) mass is 250 g/mol. The van der Waals surface area contributed by atoms with Gasteiger partial charge >= 0.3 is 5.97 Å². The molecular weight excluding hydrogens is 232 g/mol. The number of carbonyl (C=O) groups excluding carboxylic acids is 2. The van der Waals surface area contributed by atoms with E-state index in [1.54, 1.807) is 6.92 Å². The zero-order chi connectivity index (χ0) is 13.7. The first-order chi connectivity index (χ1) is 8.17. The van der Waals surface area contributed by atoms with E-state index in [0.717, 1.165) is 0 Å². The Morgan fingerprint density at radius 1 is 1.28 bits per heavy atom. The predicted octanol–water partition coefficient (Wildman–Crippen LogP) is 2.13. The average molecular weight is 250 g/mol. The number of ketones is 2. The van der Waals surface area contributed by atoms with E-state index in [1.165, 1.54) is 0 Å². The maximum Gasteiger partial charge on any atom is 0.304 e. The second kappa shape index (κ2) is 3.77. The van der Waals surface area contributed by atoms with Crippen LogP contribution in [0.25, 0.3) is 0 Å². The van der Waals surface area contributed by atoms with Crippen LogP contribution >= 0.6 is 0 Å². The average Bonchev–Trinajstić information content (AvgIpc) is 2.47. The van der Waals surface area contributed by atoms with Crippen molar-refractivity contribution in [3.05, 3.63) is 11.1 Å². The van der Waals surface area contributed by atoms with Crippen molar-refractivity contribution in [2.24, 2.45) is 10.8 Å². The van der Waals surface area contributed by atoms with E-state index in [2.05, 4.69) is 0 Å². The largest absolute Gasteiger partial charge is 0.481 e. The van der Waals surface area contributed by atoms with Crippen molar-refractivity contribution < 1.29 is 19.5 Å². The molecule has 0 aromatic carbocycles. The molecule has 4 nitrogen and oxygen atoms in total. The maximum atomic E-state index is 12.5. The minimum Gasteiger partial charge on any atom is -0.481 e. The van der Waals surface area contributed by atoms with Gasteiger partial charge in [0.1, 0.15) is 0 Å². The Balaban J connectivity index is 2.44. The van der Waals surface area contributed by atoms with Crippen molar-refractivity contribution in [3.8, 4) is 0 Å². The van der Waals surface area contributed by atoms with Gasteiger partial charge in [0.2, 0.25) is 0 Å². The number of hydrogen-bond acceptors (Lipinski definition) is 3. The first-order valence-corrected chi connectivity index (χ1v) is 6.21. The molecule has 4 heteroatoms. The third-order valence-electron chi connectivity index (χ3n) is 4.18. The van der Waals surface area contributed by atoms with Gasteiger partial charge in [0, 0.05) is 23.0 Å². The van der Waals surface area contributed by atoms with Crippen LogP contribution in [0.3, 0.4) is 0 Å². The fourth-order valence-electron chi connectivity index (χ4n) is 3.13. The molecule has 98 valence electrons. The first-order valence-electron chi connectivity index (χ1n) is 6.21. The van der Waals surface area contributed by atoms with Crippen molar-refractivity contribution in [3.63, 3.8) is 0 Å². The number of hydrogen-bond donors (Lipinski definition) is 1. The zero-order valence-electron chi connectivity index (χ0n) is 11.0. The second-order valence-corrected chi connectivity index (χ2v) is 6.30. The molecule has 0 aromatic rings. The van der Waals surface area contributed by atoms with E-state index in [-0.39, 0.29) is 29.8 Å². The van der Waals surface area contributed by atoms with Crippen LogP contribution in [0.2, 0.25) is 0 Å². The SMILES string of the molecule is CC1(C)CCC(=O)C2=C1C(=O)C(C)(CC(=O)O)C2. The topological polar surface area (TPSA) is 71.4 Å². The van der Waals surface area contributed by atoms with Crippen LogP contribution in [0.1, 0.15) is 46.5 Å². The normalized spacial score (nSPS) is 30.6. The second-order valence-electron chi connectivity index (χ2n) is 6.30. The van der Waals surface area contributed by atoms with Gasteiger partial charge in [0.25, 0.3) is 0 Å². The van der Waals surface area contributed by atoms with E-state index < -0.39 is 11.4 Å².